The Hall–Kier alpha value is -3.06. The Morgan fingerprint density at radius 1 is 1.03 bits per heavy atom. The molecule has 2 aromatic heterocycles. The third-order valence-electron chi connectivity index (χ3n) is 5.47. The Balaban J connectivity index is 1.33. The highest BCUT2D eigenvalue weighted by molar-refractivity contribution is 5.99. The molecule has 0 bridgehead atoms. The minimum Gasteiger partial charge on any atom is -0.493 e. The van der Waals surface area contributed by atoms with Crippen LogP contribution in [0.5, 0.6) is 11.5 Å². The number of benzene rings is 1. The van der Waals surface area contributed by atoms with E-state index in [2.05, 4.69) is 16.0 Å². The molecule has 0 atom stereocenters. The van der Waals surface area contributed by atoms with Crippen LogP contribution in [0.3, 0.4) is 0 Å². The number of carbonyl (C=O) groups is 1. The average molecular weight is 394 g/mol. The maximum absolute atomic E-state index is 13.0. The van der Waals surface area contributed by atoms with Crippen molar-refractivity contribution in [2.45, 2.75) is 6.42 Å². The zero-order chi connectivity index (χ0) is 20.2. The van der Waals surface area contributed by atoms with Crippen molar-refractivity contribution in [2.24, 2.45) is 0 Å². The van der Waals surface area contributed by atoms with Gasteiger partial charge in [-0.25, -0.2) is 4.98 Å². The molecule has 1 aliphatic rings. The number of piperazine rings is 1. The Bertz CT molecular complexity index is 993. The molecular weight excluding hydrogens is 368 g/mol. The molecule has 0 saturated carbocycles. The van der Waals surface area contributed by atoms with Crippen molar-refractivity contribution in [2.75, 3.05) is 46.9 Å². The SMILES string of the molecule is COc1ccc(CCN2CCN(C(=O)c3cccn4ccnc34)CC2)cc1OC. The molecule has 0 unspecified atom stereocenters. The van der Waals surface area contributed by atoms with E-state index in [9.17, 15) is 4.79 Å². The summed E-state index contributed by atoms with van der Waals surface area (Å²) in [6, 6.07) is 9.80. The van der Waals surface area contributed by atoms with Crippen molar-refractivity contribution >= 4 is 11.6 Å². The molecule has 1 aromatic carbocycles. The number of imidazole rings is 1. The van der Waals surface area contributed by atoms with Gasteiger partial charge < -0.3 is 18.8 Å². The first-order valence-corrected chi connectivity index (χ1v) is 9.84. The summed E-state index contributed by atoms with van der Waals surface area (Å²) in [5.74, 6) is 1.56. The normalized spacial score (nSPS) is 14.9. The van der Waals surface area contributed by atoms with Gasteiger partial charge in [-0.05, 0) is 36.2 Å². The lowest BCUT2D eigenvalue weighted by Gasteiger charge is -2.34. The second-order valence-electron chi connectivity index (χ2n) is 7.15. The lowest BCUT2D eigenvalue weighted by molar-refractivity contribution is 0.0640. The molecule has 1 saturated heterocycles. The van der Waals surface area contributed by atoms with Gasteiger partial charge in [0.25, 0.3) is 5.91 Å². The number of pyridine rings is 1. The summed E-state index contributed by atoms with van der Waals surface area (Å²) in [6.45, 7) is 4.15. The second-order valence-corrected chi connectivity index (χ2v) is 7.15. The Kier molecular flexibility index (Phi) is 5.67. The van der Waals surface area contributed by atoms with E-state index in [4.69, 9.17) is 9.47 Å². The van der Waals surface area contributed by atoms with Gasteiger partial charge in [-0.15, -0.1) is 0 Å². The van der Waals surface area contributed by atoms with E-state index >= 15 is 0 Å². The van der Waals surface area contributed by atoms with Gasteiger partial charge in [0, 0.05) is 51.3 Å². The first-order chi connectivity index (χ1) is 14.2. The predicted molar refractivity (Wildman–Crippen MR) is 111 cm³/mol. The zero-order valence-electron chi connectivity index (χ0n) is 16.9. The van der Waals surface area contributed by atoms with E-state index in [1.165, 1.54) is 5.56 Å². The van der Waals surface area contributed by atoms with Crippen molar-refractivity contribution in [1.82, 2.24) is 19.2 Å². The topological polar surface area (TPSA) is 59.3 Å². The molecule has 1 amide bonds. The van der Waals surface area contributed by atoms with Gasteiger partial charge in [0.05, 0.1) is 19.8 Å². The van der Waals surface area contributed by atoms with E-state index in [-0.39, 0.29) is 5.91 Å². The van der Waals surface area contributed by atoms with Crippen molar-refractivity contribution in [3.8, 4) is 11.5 Å². The Morgan fingerprint density at radius 2 is 1.83 bits per heavy atom. The molecule has 0 aliphatic carbocycles. The Morgan fingerprint density at radius 3 is 2.59 bits per heavy atom. The lowest BCUT2D eigenvalue weighted by atomic mass is 10.1. The molecule has 0 N–H and O–H groups in total. The quantitative estimate of drug-likeness (QED) is 0.642. The number of hydrogen-bond donors (Lipinski definition) is 0. The van der Waals surface area contributed by atoms with Gasteiger partial charge in [0.2, 0.25) is 0 Å². The molecule has 7 heteroatoms. The summed E-state index contributed by atoms with van der Waals surface area (Å²) < 4.78 is 12.6. The van der Waals surface area contributed by atoms with Crippen LogP contribution in [0.2, 0.25) is 0 Å². The van der Waals surface area contributed by atoms with Gasteiger partial charge in [0.1, 0.15) is 5.65 Å². The summed E-state index contributed by atoms with van der Waals surface area (Å²) in [5.41, 5.74) is 2.59. The van der Waals surface area contributed by atoms with E-state index < -0.39 is 0 Å². The maximum atomic E-state index is 13.0. The molecule has 0 spiro atoms. The molecule has 0 radical (unpaired) electrons. The van der Waals surface area contributed by atoms with Crippen molar-refractivity contribution in [3.63, 3.8) is 0 Å². The van der Waals surface area contributed by atoms with Crippen LogP contribution in [0, 0.1) is 0 Å². The summed E-state index contributed by atoms with van der Waals surface area (Å²) in [4.78, 5) is 21.6. The van der Waals surface area contributed by atoms with Crippen molar-refractivity contribution in [1.29, 1.82) is 0 Å². The van der Waals surface area contributed by atoms with E-state index in [0.29, 0.717) is 11.2 Å². The Labute approximate surface area is 170 Å². The molecular formula is C22H26N4O3. The maximum Gasteiger partial charge on any atom is 0.257 e. The fourth-order valence-corrected chi connectivity index (χ4v) is 3.78. The molecule has 3 heterocycles. The predicted octanol–water partition coefficient (Wildman–Crippen LogP) is 2.35. The van der Waals surface area contributed by atoms with Gasteiger partial charge in [0.15, 0.2) is 11.5 Å². The smallest absolute Gasteiger partial charge is 0.257 e. The monoisotopic (exact) mass is 394 g/mol. The fourth-order valence-electron chi connectivity index (χ4n) is 3.78. The number of nitrogens with zero attached hydrogens (tertiary/aromatic N) is 4. The van der Waals surface area contributed by atoms with Gasteiger partial charge >= 0.3 is 0 Å². The summed E-state index contributed by atoms with van der Waals surface area (Å²) >= 11 is 0. The first kappa shape index (κ1) is 19.3. The minimum absolute atomic E-state index is 0.0568. The van der Waals surface area contributed by atoms with Crippen LogP contribution in [0.1, 0.15) is 15.9 Å². The molecule has 1 aliphatic heterocycles. The summed E-state index contributed by atoms with van der Waals surface area (Å²) in [5, 5.41) is 0. The number of carbonyl (C=O) groups excluding carboxylic acids is 1. The number of amides is 1. The van der Waals surface area contributed by atoms with E-state index in [0.717, 1.165) is 50.6 Å². The van der Waals surface area contributed by atoms with E-state index in [1.807, 2.05) is 46.0 Å². The molecule has 152 valence electrons. The third-order valence-corrected chi connectivity index (χ3v) is 5.47. The highest BCUT2D eigenvalue weighted by atomic mass is 16.5. The summed E-state index contributed by atoms with van der Waals surface area (Å²) in [7, 11) is 3.30. The molecule has 3 aromatic rings. The minimum atomic E-state index is 0.0568. The number of ether oxygens (including phenoxy) is 2. The van der Waals surface area contributed by atoms with Crippen LogP contribution in [0.25, 0.3) is 5.65 Å². The van der Waals surface area contributed by atoms with Crippen molar-refractivity contribution < 1.29 is 14.3 Å². The van der Waals surface area contributed by atoms with Crippen LogP contribution in [0.15, 0.2) is 48.9 Å². The van der Waals surface area contributed by atoms with Gasteiger partial charge in [-0.2, -0.15) is 0 Å². The number of methoxy groups -OCH3 is 2. The number of fused-ring (bicyclic) bond motifs is 1. The number of aromatic nitrogens is 2. The van der Waals surface area contributed by atoms with Crippen molar-refractivity contribution in [3.05, 3.63) is 60.0 Å². The van der Waals surface area contributed by atoms with Gasteiger partial charge in [-0.3, -0.25) is 9.69 Å². The van der Waals surface area contributed by atoms with E-state index in [1.54, 1.807) is 20.4 Å². The average Bonchev–Trinajstić information content (AvgIpc) is 3.26. The zero-order valence-corrected chi connectivity index (χ0v) is 16.9. The summed E-state index contributed by atoms with van der Waals surface area (Å²) in [6.07, 6.45) is 6.42. The largest absolute Gasteiger partial charge is 0.493 e. The molecule has 4 rings (SSSR count). The van der Waals surface area contributed by atoms with Crippen LogP contribution in [-0.2, 0) is 6.42 Å². The standard InChI is InChI=1S/C22H26N4O3/c1-28-19-6-5-17(16-20(19)29-2)7-10-24-12-14-26(15-13-24)22(27)18-4-3-9-25-11-8-23-21(18)25/h3-6,8-9,11,16H,7,10,12-15H2,1-2H3. The number of hydrogen-bond acceptors (Lipinski definition) is 5. The van der Waals surface area contributed by atoms with Crippen LogP contribution >= 0.6 is 0 Å². The van der Waals surface area contributed by atoms with Crippen LogP contribution in [0.4, 0.5) is 0 Å². The lowest BCUT2D eigenvalue weighted by Crippen LogP contribution is -2.49. The molecule has 7 nitrogen and oxygen atoms in total. The highest BCUT2D eigenvalue weighted by Crippen LogP contribution is 2.27. The van der Waals surface area contributed by atoms with Crippen LogP contribution in [-0.4, -0.2) is 72.0 Å². The fraction of sp³-hybridized carbons (Fsp3) is 0.364. The highest BCUT2D eigenvalue weighted by Gasteiger charge is 2.23. The first-order valence-electron chi connectivity index (χ1n) is 9.84. The van der Waals surface area contributed by atoms with Crippen LogP contribution < -0.4 is 9.47 Å². The van der Waals surface area contributed by atoms with Gasteiger partial charge in [-0.1, -0.05) is 6.07 Å². The third kappa shape index (κ3) is 4.05. The molecule has 1 fully saturated rings. The number of rotatable bonds is 6. The second kappa shape index (κ2) is 8.53. The molecule has 29 heavy (non-hydrogen) atoms.